The van der Waals surface area contributed by atoms with Crippen molar-refractivity contribution in [2.75, 3.05) is 13.2 Å². The van der Waals surface area contributed by atoms with Crippen LogP contribution < -0.4 is 4.74 Å². The maximum Gasteiger partial charge on any atom is 0.207 e. The van der Waals surface area contributed by atoms with Gasteiger partial charge in [-0.2, -0.15) is 0 Å². The van der Waals surface area contributed by atoms with E-state index in [2.05, 4.69) is 0 Å². The zero-order valence-electron chi connectivity index (χ0n) is 15.1. The van der Waals surface area contributed by atoms with Crippen LogP contribution in [-0.2, 0) is 20.0 Å². The molecule has 0 radical (unpaired) electrons. The number of epoxide rings is 1. The summed E-state index contributed by atoms with van der Waals surface area (Å²) < 4.78 is 37.4. The Balaban J connectivity index is 2.03. The Morgan fingerprint density at radius 2 is 1.84 bits per heavy atom. The van der Waals surface area contributed by atoms with Crippen molar-refractivity contribution in [2.45, 2.75) is 49.0 Å². The lowest BCUT2D eigenvalue weighted by Gasteiger charge is -2.23. The van der Waals surface area contributed by atoms with Crippen molar-refractivity contribution in [3.05, 3.63) is 53.6 Å². The highest BCUT2D eigenvalue weighted by Gasteiger charge is 2.28. The first-order chi connectivity index (χ1) is 11.7. The highest BCUT2D eigenvalue weighted by Crippen LogP contribution is 2.33. The Morgan fingerprint density at radius 1 is 1.16 bits per heavy atom. The topological polar surface area (TPSA) is 55.9 Å². The molecule has 1 atom stereocenters. The van der Waals surface area contributed by atoms with Gasteiger partial charge in [-0.3, -0.25) is 0 Å². The minimum atomic E-state index is -3.63. The fraction of sp³-hybridized carbons (Fsp3) is 0.400. The van der Waals surface area contributed by atoms with Crippen LogP contribution in [0.4, 0.5) is 0 Å². The van der Waals surface area contributed by atoms with E-state index in [4.69, 9.17) is 9.47 Å². The molecule has 5 heteroatoms. The number of benzene rings is 2. The van der Waals surface area contributed by atoms with Crippen LogP contribution in [0.2, 0.25) is 0 Å². The maximum atomic E-state index is 13.3. The Bertz CT molecular complexity index is 875. The molecule has 1 aliphatic rings. The zero-order valence-corrected chi connectivity index (χ0v) is 15.9. The van der Waals surface area contributed by atoms with E-state index < -0.39 is 9.84 Å². The van der Waals surface area contributed by atoms with Gasteiger partial charge < -0.3 is 9.47 Å². The lowest BCUT2D eigenvalue weighted by molar-refractivity contribution is 0.262. The quantitative estimate of drug-likeness (QED) is 0.759. The van der Waals surface area contributed by atoms with Crippen LogP contribution >= 0.6 is 0 Å². The third kappa shape index (κ3) is 4.05. The van der Waals surface area contributed by atoms with Gasteiger partial charge in [0.1, 0.15) is 18.5 Å². The van der Waals surface area contributed by atoms with E-state index in [0.29, 0.717) is 23.9 Å². The molecule has 0 saturated carbocycles. The summed E-state index contributed by atoms with van der Waals surface area (Å²) in [4.78, 5) is 0.612. The maximum absolute atomic E-state index is 13.3. The minimum Gasteiger partial charge on any atom is -0.491 e. The van der Waals surface area contributed by atoms with E-state index >= 15 is 0 Å². The normalized spacial score (nSPS) is 17.4. The van der Waals surface area contributed by atoms with Gasteiger partial charge >= 0.3 is 0 Å². The molecule has 0 amide bonds. The Kier molecular flexibility index (Phi) is 4.64. The summed E-state index contributed by atoms with van der Waals surface area (Å²) in [6.07, 6.45) is 0.127. The van der Waals surface area contributed by atoms with Crippen LogP contribution in [0.5, 0.6) is 5.75 Å². The molecule has 0 N–H and O–H groups in total. The first-order valence-electron chi connectivity index (χ1n) is 8.38. The summed E-state index contributed by atoms with van der Waals surface area (Å²) in [6.45, 7) is 9.07. The molecule has 134 valence electrons. The highest BCUT2D eigenvalue weighted by molar-refractivity contribution is 7.91. The predicted molar refractivity (Wildman–Crippen MR) is 97.0 cm³/mol. The number of ether oxygens (including phenoxy) is 2. The fourth-order valence-corrected chi connectivity index (χ4v) is 4.54. The fourth-order valence-electron chi connectivity index (χ4n) is 2.75. The number of sulfone groups is 1. The van der Waals surface area contributed by atoms with Gasteiger partial charge in [0, 0.05) is 0 Å². The summed E-state index contributed by atoms with van der Waals surface area (Å²) in [5.74, 6) is 0.558. The molecule has 1 unspecified atom stereocenters. The summed E-state index contributed by atoms with van der Waals surface area (Å²) in [6, 6.07) is 12.3. The van der Waals surface area contributed by atoms with Crippen LogP contribution in [0.25, 0.3) is 0 Å². The molecule has 25 heavy (non-hydrogen) atoms. The van der Waals surface area contributed by atoms with Gasteiger partial charge in [-0.25, -0.2) is 8.42 Å². The lowest BCUT2D eigenvalue weighted by Crippen LogP contribution is -2.17. The van der Waals surface area contributed by atoms with Gasteiger partial charge in [0.05, 0.1) is 16.4 Å². The molecular formula is C20H24O4S. The lowest BCUT2D eigenvalue weighted by atomic mass is 9.87. The van der Waals surface area contributed by atoms with Gasteiger partial charge in [0.15, 0.2) is 0 Å². The number of rotatable bonds is 5. The van der Waals surface area contributed by atoms with E-state index in [1.807, 2.05) is 45.9 Å². The summed E-state index contributed by atoms with van der Waals surface area (Å²) in [7, 11) is -3.63. The van der Waals surface area contributed by atoms with Gasteiger partial charge in [0.2, 0.25) is 9.84 Å². The Morgan fingerprint density at radius 3 is 2.48 bits per heavy atom. The number of hydrogen-bond donors (Lipinski definition) is 0. The average Bonchev–Trinajstić information content (AvgIpc) is 3.36. The second-order valence-electron chi connectivity index (χ2n) is 7.50. The van der Waals surface area contributed by atoms with Crippen LogP contribution in [0, 0.1) is 6.92 Å². The molecule has 2 aromatic rings. The van der Waals surface area contributed by atoms with Crippen molar-refractivity contribution in [1.82, 2.24) is 0 Å². The highest BCUT2D eigenvalue weighted by atomic mass is 32.2. The van der Waals surface area contributed by atoms with Crippen LogP contribution in [0.1, 0.15) is 31.9 Å². The Labute approximate surface area is 149 Å². The second-order valence-corrected chi connectivity index (χ2v) is 9.42. The van der Waals surface area contributed by atoms with E-state index in [1.54, 1.807) is 24.3 Å². The van der Waals surface area contributed by atoms with Crippen molar-refractivity contribution in [1.29, 1.82) is 0 Å². The average molecular weight is 360 g/mol. The largest absolute Gasteiger partial charge is 0.491 e. The summed E-state index contributed by atoms with van der Waals surface area (Å²) in [5.41, 5.74) is 1.39. The van der Waals surface area contributed by atoms with Crippen LogP contribution in [0.3, 0.4) is 0 Å². The van der Waals surface area contributed by atoms with E-state index in [0.717, 1.165) is 11.1 Å². The van der Waals surface area contributed by atoms with E-state index in [-0.39, 0.29) is 16.4 Å². The van der Waals surface area contributed by atoms with Gasteiger partial charge in [-0.05, 0) is 47.7 Å². The molecule has 1 saturated heterocycles. The van der Waals surface area contributed by atoms with E-state index in [9.17, 15) is 8.42 Å². The van der Waals surface area contributed by atoms with E-state index in [1.165, 1.54) is 0 Å². The third-order valence-electron chi connectivity index (χ3n) is 4.16. The predicted octanol–water partition coefficient (Wildman–Crippen LogP) is 3.90. The first kappa shape index (κ1) is 18.0. The Hall–Kier alpha value is -1.85. The van der Waals surface area contributed by atoms with Crippen LogP contribution in [-0.4, -0.2) is 27.7 Å². The van der Waals surface area contributed by atoms with Crippen molar-refractivity contribution in [2.24, 2.45) is 0 Å². The van der Waals surface area contributed by atoms with Gasteiger partial charge in [-0.15, -0.1) is 0 Å². The standard InChI is InChI=1S/C20H24O4S/c1-14-9-15(23-12-16-13-24-16)11-17(10-14)25(21,22)19-8-6-5-7-18(19)20(2,3)4/h5-11,16H,12-13H2,1-4H3. The molecule has 1 aliphatic heterocycles. The molecule has 0 bridgehead atoms. The first-order valence-corrected chi connectivity index (χ1v) is 9.87. The third-order valence-corrected chi connectivity index (χ3v) is 5.95. The number of aryl methyl sites for hydroxylation is 1. The van der Waals surface area contributed by atoms with Gasteiger partial charge in [0.25, 0.3) is 0 Å². The zero-order chi connectivity index (χ0) is 18.2. The SMILES string of the molecule is Cc1cc(OCC2CO2)cc(S(=O)(=O)c2ccccc2C(C)(C)C)c1. The molecule has 1 heterocycles. The molecule has 4 nitrogen and oxygen atoms in total. The van der Waals surface area contributed by atoms with Gasteiger partial charge in [-0.1, -0.05) is 39.0 Å². The second kappa shape index (κ2) is 6.46. The summed E-state index contributed by atoms with van der Waals surface area (Å²) in [5, 5.41) is 0. The van der Waals surface area contributed by atoms with Crippen molar-refractivity contribution >= 4 is 9.84 Å². The van der Waals surface area contributed by atoms with Crippen molar-refractivity contribution < 1.29 is 17.9 Å². The number of hydrogen-bond acceptors (Lipinski definition) is 4. The molecular weight excluding hydrogens is 336 g/mol. The van der Waals surface area contributed by atoms with Crippen molar-refractivity contribution in [3.8, 4) is 5.75 Å². The minimum absolute atomic E-state index is 0.127. The molecule has 1 fully saturated rings. The van der Waals surface area contributed by atoms with Crippen LogP contribution in [0.15, 0.2) is 52.3 Å². The monoisotopic (exact) mass is 360 g/mol. The molecule has 0 aromatic heterocycles. The summed E-state index contributed by atoms with van der Waals surface area (Å²) >= 11 is 0. The molecule has 0 aliphatic carbocycles. The molecule has 3 rings (SSSR count). The van der Waals surface area contributed by atoms with Crippen molar-refractivity contribution in [3.63, 3.8) is 0 Å². The molecule has 0 spiro atoms. The molecule has 2 aromatic carbocycles. The smallest absolute Gasteiger partial charge is 0.207 e.